The molecule has 0 aliphatic rings. The highest BCUT2D eigenvalue weighted by Gasteiger charge is 2.25. The lowest BCUT2D eigenvalue weighted by Gasteiger charge is -2.30. The molecule has 1 amide bonds. The quantitative estimate of drug-likeness (QED) is 0.731. The number of hydrogen-bond acceptors (Lipinski definition) is 2. The van der Waals surface area contributed by atoms with Gasteiger partial charge in [-0.25, -0.2) is 4.79 Å². The SMILES string of the molecule is CC(=O)CC[C@H](NC(=O)O)C(C)(C)C. The third kappa shape index (κ3) is 5.56. The summed E-state index contributed by atoms with van der Waals surface area (Å²) in [4.78, 5) is 21.3. The van der Waals surface area contributed by atoms with Crippen molar-refractivity contribution in [3.8, 4) is 0 Å². The Balaban J connectivity index is 4.26. The first-order valence-corrected chi connectivity index (χ1v) is 4.72. The number of carbonyl (C=O) groups excluding carboxylic acids is 1. The summed E-state index contributed by atoms with van der Waals surface area (Å²) < 4.78 is 0. The summed E-state index contributed by atoms with van der Waals surface area (Å²) in [6.45, 7) is 7.37. The Morgan fingerprint density at radius 3 is 2.14 bits per heavy atom. The Morgan fingerprint density at radius 1 is 1.36 bits per heavy atom. The van der Waals surface area contributed by atoms with Crippen LogP contribution in [0.1, 0.15) is 40.5 Å². The predicted molar refractivity (Wildman–Crippen MR) is 54.3 cm³/mol. The first-order valence-electron chi connectivity index (χ1n) is 4.72. The fourth-order valence-electron chi connectivity index (χ4n) is 1.22. The van der Waals surface area contributed by atoms with E-state index in [1.165, 1.54) is 6.92 Å². The Morgan fingerprint density at radius 2 is 1.86 bits per heavy atom. The molecule has 0 saturated carbocycles. The van der Waals surface area contributed by atoms with Crippen molar-refractivity contribution in [2.45, 2.75) is 46.6 Å². The zero-order valence-corrected chi connectivity index (χ0v) is 9.26. The fourth-order valence-corrected chi connectivity index (χ4v) is 1.22. The molecule has 0 spiro atoms. The van der Waals surface area contributed by atoms with Crippen molar-refractivity contribution in [2.24, 2.45) is 5.41 Å². The standard InChI is InChI=1S/C10H19NO3/c1-7(12)5-6-8(10(2,3)4)11-9(13)14/h8,11H,5-6H2,1-4H3,(H,13,14)/t8-/m0/s1. The lowest BCUT2D eigenvalue weighted by atomic mass is 9.84. The smallest absolute Gasteiger partial charge is 0.404 e. The van der Waals surface area contributed by atoms with E-state index < -0.39 is 6.09 Å². The maximum Gasteiger partial charge on any atom is 0.404 e. The number of hydrogen-bond donors (Lipinski definition) is 2. The Labute approximate surface area is 84.7 Å². The van der Waals surface area contributed by atoms with E-state index in [1.54, 1.807) is 0 Å². The molecule has 4 nitrogen and oxygen atoms in total. The Bertz CT molecular complexity index is 218. The number of amides is 1. The second kappa shape index (κ2) is 4.98. The van der Waals surface area contributed by atoms with E-state index >= 15 is 0 Å². The van der Waals surface area contributed by atoms with Crippen LogP contribution >= 0.6 is 0 Å². The van der Waals surface area contributed by atoms with Gasteiger partial charge in [0.25, 0.3) is 0 Å². The predicted octanol–water partition coefficient (Wildman–Crippen LogP) is 2.04. The van der Waals surface area contributed by atoms with Crippen LogP contribution in [0.25, 0.3) is 0 Å². The molecule has 0 fully saturated rings. The molecule has 4 heteroatoms. The van der Waals surface area contributed by atoms with Crippen LogP contribution in [-0.2, 0) is 4.79 Å². The first kappa shape index (κ1) is 12.9. The van der Waals surface area contributed by atoms with E-state index in [2.05, 4.69) is 5.32 Å². The van der Waals surface area contributed by atoms with Crippen LogP contribution in [0.3, 0.4) is 0 Å². The van der Waals surface area contributed by atoms with Crippen LogP contribution in [-0.4, -0.2) is 23.0 Å². The molecule has 0 aliphatic heterocycles. The maximum absolute atomic E-state index is 10.8. The number of ketones is 1. The van der Waals surface area contributed by atoms with Crippen LogP contribution < -0.4 is 5.32 Å². The van der Waals surface area contributed by atoms with Crippen LogP contribution in [0.4, 0.5) is 4.79 Å². The zero-order valence-electron chi connectivity index (χ0n) is 9.26. The van der Waals surface area contributed by atoms with E-state index in [0.717, 1.165) is 0 Å². The summed E-state index contributed by atoms with van der Waals surface area (Å²) in [5, 5.41) is 11.1. The van der Waals surface area contributed by atoms with Crippen molar-refractivity contribution < 1.29 is 14.7 Å². The van der Waals surface area contributed by atoms with Crippen molar-refractivity contribution in [1.29, 1.82) is 0 Å². The molecule has 14 heavy (non-hydrogen) atoms. The average Bonchev–Trinajstić information content (AvgIpc) is 1.94. The summed E-state index contributed by atoms with van der Waals surface area (Å²) in [6, 6.07) is -0.177. The van der Waals surface area contributed by atoms with Crippen molar-refractivity contribution in [3.05, 3.63) is 0 Å². The largest absolute Gasteiger partial charge is 0.465 e. The molecular weight excluding hydrogens is 182 g/mol. The van der Waals surface area contributed by atoms with Gasteiger partial charge in [0.15, 0.2) is 0 Å². The minimum Gasteiger partial charge on any atom is -0.465 e. The minimum atomic E-state index is -1.03. The Kier molecular flexibility index (Phi) is 4.60. The molecule has 0 saturated heterocycles. The molecule has 0 unspecified atom stereocenters. The van der Waals surface area contributed by atoms with E-state index in [9.17, 15) is 9.59 Å². The summed E-state index contributed by atoms with van der Waals surface area (Å²) >= 11 is 0. The number of rotatable bonds is 4. The topological polar surface area (TPSA) is 66.4 Å². The first-order chi connectivity index (χ1) is 6.23. The van der Waals surface area contributed by atoms with Crippen molar-refractivity contribution >= 4 is 11.9 Å². The van der Waals surface area contributed by atoms with E-state index in [-0.39, 0.29) is 17.2 Å². The van der Waals surface area contributed by atoms with Gasteiger partial charge in [0, 0.05) is 12.5 Å². The van der Waals surface area contributed by atoms with Crippen LogP contribution in [0.2, 0.25) is 0 Å². The molecule has 0 rings (SSSR count). The van der Waals surface area contributed by atoms with Gasteiger partial charge in [-0.3, -0.25) is 0 Å². The third-order valence-corrected chi connectivity index (χ3v) is 2.13. The normalized spacial score (nSPS) is 13.4. The summed E-state index contributed by atoms with van der Waals surface area (Å²) in [5.74, 6) is 0.0893. The monoisotopic (exact) mass is 201 g/mol. The Hall–Kier alpha value is -1.06. The van der Waals surface area contributed by atoms with Crippen LogP contribution in [0.15, 0.2) is 0 Å². The maximum atomic E-state index is 10.8. The highest BCUT2D eigenvalue weighted by atomic mass is 16.4. The summed E-state index contributed by atoms with van der Waals surface area (Å²) in [7, 11) is 0. The van der Waals surface area contributed by atoms with Gasteiger partial charge in [-0.05, 0) is 18.8 Å². The highest BCUT2D eigenvalue weighted by Crippen LogP contribution is 2.22. The molecule has 2 N–H and O–H groups in total. The molecule has 0 bridgehead atoms. The summed E-state index contributed by atoms with van der Waals surface area (Å²) in [5.41, 5.74) is -0.159. The number of Topliss-reactive ketones (excluding diaryl/α,β-unsaturated/α-hetero) is 1. The van der Waals surface area contributed by atoms with Gasteiger partial charge < -0.3 is 15.2 Å². The molecular formula is C10H19NO3. The lowest BCUT2D eigenvalue weighted by Crippen LogP contribution is -2.43. The molecule has 0 aromatic heterocycles. The van der Waals surface area contributed by atoms with E-state index in [0.29, 0.717) is 12.8 Å². The number of carboxylic acid groups (broad SMARTS) is 1. The molecule has 0 radical (unpaired) electrons. The number of carbonyl (C=O) groups is 2. The van der Waals surface area contributed by atoms with Gasteiger partial charge >= 0.3 is 6.09 Å². The van der Waals surface area contributed by atoms with Crippen LogP contribution in [0.5, 0.6) is 0 Å². The van der Waals surface area contributed by atoms with Gasteiger partial charge in [-0.2, -0.15) is 0 Å². The van der Waals surface area contributed by atoms with Gasteiger partial charge in [0.1, 0.15) is 5.78 Å². The number of nitrogens with one attached hydrogen (secondary N) is 1. The van der Waals surface area contributed by atoms with Gasteiger partial charge in [-0.15, -0.1) is 0 Å². The third-order valence-electron chi connectivity index (χ3n) is 2.13. The van der Waals surface area contributed by atoms with E-state index in [4.69, 9.17) is 5.11 Å². The second-order valence-corrected chi connectivity index (χ2v) is 4.61. The lowest BCUT2D eigenvalue weighted by molar-refractivity contribution is -0.117. The zero-order chi connectivity index (χ0) is 11.4. The van der Waals surface area contributed by atoms with Crippen molar-refractivity contribution in [3.63, 3.8) is 0 Å². The van der Waals surface area contributed by atoms with Crippen molar-refractivity contribution in [2.75, 3.05) is 0 Å². The highest BCUT2D eigenvalue weighted by molar-refractivity contribution is 5.75. The molecule has 82 valence electrons. The molecule has 0 aliphatic carbocycles. The van der Waals surface area contributed by atoms with Crippen LogP contribution in [0, 0.1) is 5.41 Å². The second-order valence-electron chi connectivity index (χ2n) is 4.61. The van der Waals surface area contributed by atoms with Gasteiger partial charge in [0.05, 0.1) is 0 Å². The summed E-state index contributed by atoms with van der Waals surface area (Å²) in [6.07, 6.45) is -0.0543. The van der Waals surface area contributed by atoms with E-state index in [1.807, 2.05) is 20.8 Å². The van der Waals surface area contributed by atoms with Gasteiger partial charge in [-0.1, -0.05) is 20.8 Å². The molecule has 0 aromatic rings. The average molecular weight is 201 g/mol. The van der Waals surface area contributed by atoms with Crippen molar-refractivity contribution in [1.82, 2.24) is 5.32 Å². The minimum absolute atomic E-state index is 0.0893. The van der Waals surface area contributed by atoms with Gasteiger partial charge in [0.2, 0.25) is 0 Å². The molecule has 1 atom stereocenters. The fraction of sp³-hybridized carbons (Fsp3) is 0.800. The molecule has 0 heterocycles. The molecule has 0 aromatic carbocycles.